The molecule has 0 saturated carbocycles. The van der Waals surface area contributed by atoms with Crippen LogP contribution in [-0.4, -0.2) is 17.6 Å². The van der Waals surface area contributed by atoms with Gasteiger partial charge in [0.2, 0.25) is 0 Å². The van der Waals surface area contributed by atoms with Crippen LogP contribution in [-0.2, 0) is 7.05 Å². The normalized spacial score (nSPS) is 10.7. The number of benzene rings is 2. The lowest BCUT2D eigenvalue weighted by molar-refractivity contribution is 0.101. The summed E-state index contributed by atoms with van der Waals surface area (Å²) in [6, 6.07) is 15.5. The molecule has 4 heteroatoms. The Morgan fingerprint density at radius 1 is 1.14 bits per heavy atom. The molecule has 22 heavy (non-hydrogen) atoms. The molecule has 1 N–H and O–H groups in total. The van der Waals surface area contributed by atoms with E-state index in [1.807, 2.05) is 67.1 Å². The summed E-state index contributed by atoms with van der Waals surface area (Å²) in [7, 11) is 3.49. The molecule has 1 amide bonds. The largest absolute Gasteiger partial charge is 0.495 e. The van der Waals surface area contributed by atoms with E-state index in [9.17, 15) is 4.79 Å². The van der Waals surface area contributed by atoms with Crippen LogP contribution < -0.4 is 10.1 Å². The molecule has 0 radical (unpaired) electrons. The summed E-state index contributed by atoms with van der Waals surface area (Å²) in [5, 5.41) is 3.97. The molecule has 112 valence electrons. The van der Waals surface area contributed by atoms with Crippen molar-refractivity contribution in [2.75, 3.05) is 12.4 Å². The van der Waals surface area contributed by atoms with Crippen LogP contribution in [0.3, 0.4) is 0 Å². The topological polar surface area (TPSA) is 43.3 Å². The monoisotopic (exact) mass is 294 g/mol. The first-order valence-corrected chi connectivity index (χ1v) is 7.10. The average Bonchev–Trinajstić information content (AvgIpc) is 2.86. The number of nitrogens with one attached hydrogen (secondary N) is 1. The minimum Gasteiger partial charge on any atom is -0.495 e. The number of methoxy groups -OCH3 is 1. The van der Waals surface area contributed by atoms with E-state index >= 15 is 0 Å². The number of aromatic nitrogens is 1. The number of carbonyl (C=O) groups excluding carboxylic acids is 1. The molecule has 0 aliphatic rings. The lowest BCUT2D eigenvalue weighted by Gasteiger charge is -2.11. The summed E-state index contributed by atoms with van der Waals surface area (Å²) in [6.45, 7) is 1.98. The zero-order valence-corrected chi connectivity index (χ0v) is 12.9. The van der Waals surface area contributed by atoms with Gasteiger partial charge in [-0.1, -0.05) is 24.3 Å². The number of amides is 1. The van der Waals surface area contributed by atoms with Gasteiger partial charge in [-0.05, 0) is 36.8 Å². The fourth-order valence-electron chi connectivity index (χ4n) is 2.59. The number of hydrogen-bond acceptors (Lipinski definition) is 2. The summed E-state index contributed by atoms with van der Waals surface area (Å²) in [5.41, 5.74) is 3.40. The summed E-state index contributed by atoms with van der Waals surface area (Å²) in [4.78, 5) is 12.6. The third kappa shape index (κ3) is 2.44. The molecule has 4 nitrogen and oxygen atoms in total. The molecular formula is C18H18N2O2. The number of ether oxygens (including phenoxy) is 1. The van der Waals surface area contributed by atoms with E-state index in [1.165, 1.54) is 0 Å². The summed E-state index contributed by atoms with van der Waals surface area (Å²) < 4.78 is 7.22. The molecule has 0 fully saturated rings. The van der Waals surface area contributed by atoms with Crippen molar-refractivity contribution in [2.24, 2.45) is 7.05 Å². The molecule has 1 heterocycles. The highest BCUT2D eigenvalue weighted by molar-refractivity contribution is 6.07. The third-order valence-electron chi connectivity index (χ3n) is 3.79. The maximum atomic E-state index is 12.6. The fourth-order valence-corrected chi connectivity index (χ4v) is 2.59. The van der Waals surface area contributed by atoms with Crippen molar-refractivity contribution in [3.63, 3.8) is 0 Å². The number of anilines is 1. The van der Waals surface area contributed by atoms with Crippen LogP contribution in [0.1, 0.15) is 16.1 Å². The van der Waals surface area contributed by atoms with Gasteiger partial charge in [-0.25, -0.2) is 0 Å². The van der Waals surface area contributed by atoms with Crippen LogP contribution >= 0.6 is 0 Å². The van der Waals surface area contributed by atoms with E-state index < -0.39 is 0 Å². The number of aryl methyl sites for hydroxylation is 2. The minimum atomic E-state index is -0.152. The van der Waals surface area contributed by atoms with Gasteiger partial charge in [0.15, 0.2) is 0 Å². The van der Waals surface area contributed by atoms with Crippen molar-refractivity contribution in [3.05, 3.63) is 59.8 Å². The maximum Gasteiger partial charge on any atom is 0.272 e. The van der Waals surface area contributed by atoms with Crippen LogP contribution in [0.15, 0.2) is 48.5 Å². The first-order chi connectivity index (χ1) is 10.6. The minimum absolute atomic E-state index is 0.152. The molecule has 0 spiro atoms. The predicted molar refractivity (Wildman–Crippen MR) is 88.6 cm³/mol. The van der Waals surface area contributed by atoms with E-state index in [-0.39, 0.29) is 5.91 Å². The summed E-state index contributed by atoms with van der Waals surface area (Å²) in [6.07, 6.45) is 0. The molecule has 1 aromatic heterocycles. The van der Waals surface area contributed by atoms with Crippen LogP contribution in [0.2, 0.25) is 0 Å². The molecule has 0 aliphatic carbocycles. The first kappa shape index (κ1) is 14.2. The molecule has 0 saturated heterocycles. The van der Waals surface area contributed by atoms with Gasteiger partial charge in [-0.15, -0.1) is 0 Å². The van der Waals surface area contributed by atoms with Crippen molar-refractivity contribution in [1.82, 2.24) is 4.57 Å². The van der Waals surface area contributed by atoms with Gasteiger partial charge in [-0.3, -0.25) is 4.79 Å². The Bertz CT molecular complexity index is 849. The number of para-hydroxylation sites is 1. The number of carbonyl (C=O) groups is 1. The Morgan fingerprint density at radius 3 is 2.64 bits per heavy atom. The van der Waals surface area contributed by atoms with Crippen LogP contribution in [0.5, 0.6) is 5.75 Å². The lowest BCUT2D eigenvalue weighted by atomic mass is 10.2. The van der Waals surface area contributed by atoms with Gasteiger partial charge in [-0.2, -0.15) is 0 Å². The van der Waals surface area contributed by atoms with Crippen molar-refractivity contribution >= 4 is 22.5 Å². The number of fused-ring (bicyclic) bond motifs is 1. The number of hydrogen-bond donors (Lipinski definition) is 1. The van der Waals surface area contributed by atoms with Gasteiger partial charge in [0.1, 0.15) is 11.4 Å². The standard InChI is InChI=1S/C18H18N2O2/c1-12-8-9-14(17(10-12)22-3)19-18(21)16-11-13-6-4-5-7-15(13)20(16)2/h4-11H,1-3H3,(H,19,21). The molecule has 2 aromatic carbocycles. The van der Waals surface area contributed by atoms with Crippen molar-refractivity contribution < 1.29 is 9.53 Å². The van der Waals surface area contributed by atoms with Crippen LogP contribution in [0, 0.1) is 6.92 Å². The van der Waals surface area contributed by atoms with Crippen LogP contribution in [0.25, 0.3) is 10.9 Å². The first-order valence-electron chi connectivity index (χ1n) is 7.10. The molecule has 3 aromatic rings. The van der Waals surface area contributed by atoms with Gasteiger partial charge in [0, 0.05) is 18.0 Å². The van der Waals surface area contributed by atoms with Crippen LogP contribution in [0.4, 0.5) is 5.69 Å². The van der Waals surface area contributed by atoms with Gasteiger partial charge in [0.25, 0.3) is 5.91 Å². The fraction of sp³-hybridized carbons (Fsp3) is 0.167. The van der Waals surface area contributed by atoms with Crippen molar-refractivity contribution in [2.45, 2.75) is 6.92 Å². The zero-order chi connectivity index (χ0) is 15.7. The number of rotatable bonds is 3. The maximum absolute atomic E-state index is 12.6. The highest BCUT2D eigenvalue weighted by Crippen LogP contribution is 2.26. The van der Waals surface area contributed by atoms with E-state index in [0.29, 0.717) is 17.1 Å². The smallest absolute Gasteiger partial charge is 0.272 e. The second kappa shape index (κ2) is 5.56. The highest BCUT2D eigenvalue weighted by atomic mass is 16.5. The van der Waals surface area contributed by atoms with Gasteiger partial charge in [0.05, 0.1) is 12.8 Å². The van der Waals surface area contributed by atoms with Crippen molar-refractivity contribution in [1.29, 1.82) is 0 Å². The zero-order valence-electron chi connectivity index (χ0n) is 12.9. The average molecular weight is 294 g/mol. The Balaban J connectivity index is 1.95. The molecular weight excluding hydrogens is 276 g/mol. The quantitative estimate of drug-likeness (QED) is 0.799. The van der Waals surface area contributed by atoms with Crippen molar-refractivity contribution in [3.8, 4) is 5.75 Å². The Labute approximate surface area is 129 Å². The summed E-state index contributed by atoms with van der Waals surface area (Å²) >= 11 is 0. The predicted octanol–water partition coefficient (Wildman–Crippen LogP) is 3.75. The Kier molecular flexibility index (Phi) is 3.59. The second-order valence-corrected chi connectivity index (χ2v) is 5.31. The number of nitrogens with zero attached hydrogens (tertiary/aromatic N) is 1. The second-order valence-electron chi connectivity index (χ2n) is 5.31. The highest BCUT2D eigenvalue weighted by Gasteiger charge is 2.15. The van der Waals surface area contributed by atoms with E-state index in [0.717, 1.165) is 16.5 Å². The van der Waals surface area contributed by atoms with E-state index in [4.69, 9.17) is 4.74 Å². The summed E-state index contributed by atoms with van der Waals surface area (Å²) in [5.74, 6) is 0.507. The Morgan fingerprint density at radius 2 is 1.91 bits per heavy atom. The van der Waals surface area contributed by atoms with E-state index in [2.05, 4.69) is 5.32 Å². The third-order valence-corrected chi connectivity index (χ3v) is 3.79. The molecule has 0 aliphatic heterocycles. The lowest BCUT2D eigenvalue weighted by Crippen LogP contribution is -2.16. The molecule has 3 rings (SSSR count). The van der Waals surface area contributed by atoms with Gasteiger partial charge < -0.3 is 14.6 Å². The SMILES string of the molecule is COc1cc(C)ccc1NC(=O)c1cc2ccccc2n1C. The van der Waals surface area contributed by atoms with E-state index in [1.54, 1.807) is 7.11 Å². The van der Waals surface area contributed by atoms with Gasteiger partial charge >= 0.3 is 0 Å². The molecule has 0 unspecified atom stereocenters. The molecule has 0 atom stereocenters. The Hall–Kier alpha value is -2.75. The molecule has 0 bridgehead atoms.